The zero-order valence-electron chi connectivity index (χ0n) is 10.6. The van der Waals surface area contributed by atoms with Gasteiger partial charge in [-0.25, -0.2) is 4.79 Å². The van der Waals surface area contributed by atoms with Crippen molar-refractivity contribution in [1.82, 2.24) is 10.4 Å². The third-order valence-corrected chi connectivity index (χ3v) is 2.13. The average Bonchev–Trinajstić information content (AvgIpc) is 2.35. The zero-order chi connectivity index (χ0) is 14.0. The number of carbonyl (C=O) groups excluding carboxylic acids is 4. The van der Waals surface area contributed by atoms with Crippen LogP contribution in [0, 0.1) is 0 Å². The molecule has 0 saturated heterocycles. The summed E-state index contributed by atoms with van der Waals surface area (Å²) in [6.45, 7) is 0. The smallest absolute Gasteiger partial charge is 0.332 e. The third kappa shape index (κ3) is 7.37. The van der Waals surface area contributed by atoms with Gasteiger partial charge in [-0.15, -0.1) is 0 Å². The molecule has 0 unspecified atom stereocenters. The Morgan fingerprint density at radius 2 is 1.89 bits per heavy atom. The molecular formula is C11H18N2O5. The molecule has 102 valence electrons. The molecule has 0 bridgehead atoms. The normalized spacial score (nSPS) is 9.44. The number of amides is 2. The zero-order valence-corrected chi connectivity index (χ0v) is 10.6. The highest BCUT2D eigenvalue weighted by Crippen LogP contribution is 2.01. The lowest BCUT2D eigenvalue weighted by Crippen LogP contribution is -2.29. The van der Waals surface area contributed by atoms with Gasteiger partial charge >= 0.3 is 5.97 Å². The van der Waals surface area contributed by atoms with E-state index in [9.17, 15) is 19.2 Å². The Kier molecular flexibility index (Phi) is 8.17. The molecule has 0 aliphatic heterocycles. The molecule has 0 aromatic heterocycles. The van der Waals surface area contributed by atoms with Gasteiger partial charge in [0.15, 0.2) is 0 Å². The van der Waals surface area contributed by atoms with Crippen LogP contribution in [0.25, 0.3) is 0 Å². The van der Waals surface area contributed by atoms with Crippen molar-refractivity contribution in [3.05, 3.63) is 0 Å². The number of hydroxylamine groups is 2. The third-order valence-electron chi connectivity index (χ3n) is 2.13. The molecule has 2 amide bonds. The van der Waals surface area contributed by atoms with Gasteiger partial charge in [-0.2, -0.15) is 5.06 Å². The van der Waals surface area contributed by atoms with E-state index in [0.717, 1.165) is 5.06 Å². The number of carbonyl (C=O) groups is 4. The molecule has 7 nitrogen and oxygen atoms in total. The van der Waals surface area contributed by atoms with E-state index in [-0.39, 0.29) is 31.6 Å². The van der Waals surface area contributed by atoms with Crippen LogP contribution in [-0.2, 0) is 24.0 Å². The first-order valence-corrected chi connectivity index (χ1v) is 5.62. The highest BCUT2D eigenvalue weighted by molar-refractivity contribution is 5.80. The second-order valence-corrected chi connectivity index (χ2v) is 3.59. The van der Waals surface area contributed by atoms with Crippen molar-refractivity contribution in [3.8, 4) is 0 Å². The summed E-state index contributed by atoms with van der Waals surface area (Å²) in [5, 5.41) is 3.24. The molecule has 18 heavy (non-hydrogen) atoms. The van der Waals surface area contributed by atoms with E-state index >= 15 is 0 Å². The summed E-state index contributed by atoms with van der Waals surface area (Å²) in [6, 6.07) is 0. The van der Waals surface area contributed by atoms with E-state index in [2.05, 4.69) is 5.32 Å². The highest BCUT2D eigenvalue weighted by atomic mass is 16.7. The predicted octanol–water partition coefficient (Wildman–Crippen LogP) is -0.202. The van der Waals surface area contributed by atoms with E-state index < -0.39 is 11.9 Å². The van der Waals surface area contributed by atoms with Gasteiger partial charge in [0.1, 0.15) is 6.29 Å². The van der Waals surface area contributed by atoms with Crippen LogP contribution in [-0.4, -0.2) is 43.2 Å². The van der Waals surface area contributed by atoms with Crippen molar-refractivity contribution < 1.29 is 24.0 Å². The molecule has 0 heterocycles. The molecule has 0 spiro atoms. The van der Waals surface area contributed by atoms with Gasteiger partial charge in [0.05, 0.1) is 0 Å². The summed E-state index contributed by atoms with van der Waals surface area (Å²) in [4.78, 5) is 48.3. The van der Waals surface area contributed by atoms with Crippen molar-refractivity contribution in [2.75, 3.05) is 14.1 Å². The van der Waals surface area contributed by atoms with Gasteiger partial charge in [-0.05, 0) is 6.42 Å². The Morgan fingerprint density at radius 3 is 2.44 bits per heavy atom. The number of nitrogens with one attached hydrogen (secondary N) is 1. The Balaban J connectivity index is 3.82. The summed E-state index contributed by atoms with van der Waals surface area (Å²) < 4.78 is 0. The predicted molar refractivity (Wildman–Crippen MR) is 62.1 cm³/mol. The summed E-state index contributed by atoms with van der Waals surface area (Å²) in [5.41, 5.74) is 0. The number of hydrogen-bond acceptors (Lipinski definition) is 5. The summed E-state index contributed by atoms with van der Waals surface area (Å²) in [7, 11) is 2.82. The first-order chi connectivity index (χ1) is 8.51. The Labute approximate surface area is 105 Å². The van der Waals surface area contributed by atoms with Gasteiger partial charge in [0.2, 0.25) is 5.91 Å². The quantitative estimate of drug-likeness (QED) is 0.504. The van der Waals surface area contributed by atoms with Crippen LogP contribution in [0.15, 0.2) is 0 Å². The maximum absolute atomic E-state index is 11.3. The second-order valence-electron chi connectivity index (χ2n) is 3.59. The van der Waals surface area contributed by atoms with E-state index in [1.165, 1.54) is 14.1 Å². The van der Waals surface area contributed by atoms with Gasteiger partial charge in [-0.1, -0.05) is 0 Å². The van der Waals surface area contributed by atoms with Crippen molar-refractivity contribution in [3.63, 3.8) is 0 Å². The van der Waals surface area contributed by atoms with E-state index in [1.54, 1.807) is 0 Å². The van der Waals surface area contributed by atoms with E-state index in [1.807, 2.05) is 0 Å². The highest BCUT2D eigenvalue weighted by Gasteiger charge is 2.13. The molecule has 0 aliphatic carbocycles. The largest absolute Gasteiger partial charge is 0.359 e. The molecule has 7 heteroatoms. The first-order valence-electron chi connectivity index (χ1n) is 5.62. The van der Waals surface area contributed by atoms with Crippen LogP contribution in [0.5, 0.6) is 0 Å². The maximum atomic E-state index is 11.3. The topological polar surface area (TPSA) is 92.8 Å². The Bertz CT molecular complexity index is 317. The SMILES string of the molecule is CNC(=O)CCCC(=O)ON(C)C(=O)CCC=O. The lowest BCUT2D eigenvalue weighted by atomic mass is 10.2. The van der Waals surface area contributed by atoms with Crippen LogP contribution < -0.4 is 5.32 Å². The first kappa shape index (κ1) is 16.1. The molecule has 0 fully saturated rings. The second kappa shape index (κ2) is 9.15. The van der Waals surface area contributed by atoms with Crippen molar-refractivity contribution >= 4 is 24.1 Å². The fourth-order valence-electron chi connectivity index (χ4n) is 1.11. The number of rotatable bonds is 7. The standard InChI is InChI=1S/C11H18N2O5/c1-12-9(15)5-3-7-11(17)18-13(2)10(16)6-4-8-14/h8H,3-7H2,1-2H3,(H,12,15). The van der Waals surface area contributed by atoms with Gasteiger partial charge in [0.25, 0.3) is 5.91 Å². The molecule has 0 aliphatic rings. The van der Waals surface area contributed by atoms with E-state index in [0.29, 0.717) is 12.7 Å². The van der Waals surface area contributed by atoms with Crippen LogP contribution >= 0.6 is 0 Å². The summed E-state index contributed by atoms with van der Waals surface area (Å²) in [6.07, 6.45) is 1.36. The molecular weight excluding hydrogens is 240 g/mol. The van der Waals surface area contributed by atoms with Crippen LogP contribution in [0.3, 0.4) is 0 Å². The van der Waals surface area contributed by atoms with Crippen molar-refractivity contribution in [2.24, 2.45) is 0 Å². The van der Waals surface area contributed by atoms with E-state index in [4.69, 9.17) is 4.84 Å². The van der Waals surface area contributed by atoms with Crippen molar-refractivity contribution in [2.45, 2.75) is 32.1 Å². The molecule has 1 N–H and O–H groups in total. The molecule has 0 rings (SSSR count). The van der Waals surface area contributed by atoms with Crippen LogP contribution in [0.4, 0.5) is 0 Å². The fourth-order valence-corrected chi connectivity index (χ4v) is 1.11. The van der Waals surface area contributed by atoms with Gasteiger partial charge < -0.3 is 14.9 Å². The lowest BCUT2D eigenvalue weighted by molar-refractivity contribution is -0.192. The van der Waals surface area contributed by atoms with Crippen LogP contribution in [0.2, 0.25) is 0 Å². The van der Waals surface area contributed by atoms with Crippen molar-refractivity contribution in [1.29, 1.82) is 0 Å². The number of hydrogen-bond donors (Lipinski definition) is 1. The summed E-state index contributed by atoms with van der Waals surface area (Å²) in [5.74, 6) is -1.18. The molecule has 0 radical (unpaired) electrons. The van der Waals surface area contributed by atoms with Gasteiger partial charge in [0, 0.05) is 39.8 Å². The Morgan fingerprint density at radius 1 is 1.22 bits per heavy atom. The molecule has 0 aromatic carbocycles. The van der Waals surface area contributed by atoms with Crippen LogP contribution in [0.1, 0.15) is 32.1 Å². The Hall–Kier alpha value is -1.92. The molecule has 0 atom stereocenters. The monoisotopic (exact) mass is 258 g/mol. The molecule has 0 aromatic rings. The van der Waals surface area contributed by atoms with Gasteiger partial charge in [-0.3, -0.25) is 9.59 Å². The minimum absolute atomic E-state index is 0.00548. The molecule has 0 saturated carbocycles. The number of nitrogens with zero attached hydrogens (tertiary/aromatic N) is 1. The lowest BCUT2D eigenvalue weighted by Gasteiger charge is -2.15. The minimum Gasteiger partial charge on any atom is -0.359 e. The maximum Gasteiger partial charge on any atom is 0.332 e. The average molecular weight is 258 g/mol. The summed E-state index contributed by atoms with van der Waals surface area (Å²) >= 11 is 0. The number of aldehydes is 1. The minimum atomic E-state index is -0.583. The fraction of sp³-hybridized carbons (Fsp3) is 0.636.